The molecule has 4 atom stereocenters. The fourth-order valence-corrected chi connectivity index (χ4v) is 3.92. The third-order valence-electron chi connectivity index (χ3n) is 7.36. The first-order chi connectivity index (χ1) is 18.5. The summed E-state index contributed by atoms with van der Waals surface area (Å²) in [5.74, 6) is -3.26. The van der Waals surface area contributed by atoms with E-state index < -0.39 is 47.3 Å². The van der Waals surface area contributed by atoms with Crippen molar-refractivity contribution in [2.75, 3.05) is 0 Å². The van der Waals surface area contributed by atoms with Crippen LogP contribution in [0.1, 0.15) is 106 Å². The number of carbonyl (C=O) groups is 4. The van der Waals surface area contributed by atoms with Gasteiger partial charge in [0.15, 0.2) is 11.5 Å². The molecule has 1 aromatic carbocycles. The van der Waals surface area contributed by atoms with E-state index in [1.54, 1.807) is 33.8 Å². The summed E-state index contributed by atoms with van der Waals surface area (Å²) in [4.78, 5) is 49.9. The van der Waals surface area contributed by atoms with E-state index in [4.69, 9.17) is 19.9 Å². The number of hydrogen-bond donors (Lipinski definition) is 2. The standard InChI is InChI=1S/C31H49NO8/c1-10-31(8,9)30(37)38-21(7)20(6)27(28(32)29(35)36)22-13-14-23(39-25(33)15-11-18(2)3)24(17-22)40-26(34)16-12-19(4)5/h13-14,17-21,27-28H,10-12,15-16,32H2,1-9H3,(H,35,36)/t20?,21?,27?,28-/m0/s1. The molecule has 0 radical (unpaired) electrons. The van der Waals surface area contributed by atoms with Crippen molar-refractivity contribution in [1.82, 2.24) is 0 Å². The molecule has 0 aliphatic rings. The molecule has 0 aromatic heterocycles. The van der Waals surface area contributed by atoms with Crippen molar-refractivity contribution in [3.8, 4) is 11.5 Å². The lowest BCUT2D eigenvalue weighted by atomic mass is 9.79. The molecule has 0 aliphatic heterocycles. The first kappa shape index (κ1) is 35.1. The summed E-state index contributed by atoms with van der Waals surface area (Å²) in [6.07, 6.45) is 1.52. The number of aliphatic carboxylic acids is 1. The van der Waals surface area contributed by atoms with Crippen molar-refractivity contribution >= 4 is 23.9 Å². The molecule has 3 unspecified atom stereocenters. The number of esters is 3. The number of carboxylic acids is 1. The summed E-state index contributed by atoms with van der Waals surface area (Å²) >= 11 is 0. The van der Waals surface area contributed by atoms with Crippen LogP contribution in [-0.4, -0.2) is 41.1 Å². The number of nitrogens with two attached hydrogens (primary N) is 1. The largest absolute Gasteiger partial charge is 0.480 e. The minimum absolute atomic E-state index is 0.00991. The van der Waals surface area contributed by atoms with E-state index in [9.17, 15) is 24.3 Å². The van der Waals surface area contributed by atoms with Crippen LogP contribution in [0, 0.1) is 23.2 Å². The molecular weight excluding hydrogens is 514 g/mol. The summed E-state index contributed by atoms with van der Waals surface area (Å²) in [7, 11) is 0. The average Bonchev–Trinajstić information content (AvgIpc) is 2.87. The zero-order chi connectivity index (χ0) is 30.8. The Morgan fingerprint density at radius 1 is 0.875 bits per heavy atom. The minimum Gasteiger partial charge on any atom is -0.480 e. The molecule has 1 rings (SSSR count). The maximum absolute atomic E-state index is 12.7. The summed E-state index contributed by atoms with van der Waals surface area (Å²) in [5.41, 5.74) is 5.91. The van der Waals surface area contributed by atoms with Gasteiger partial charge in [0.05, 0.1) is 5.41 Å². The van der Waals surface area contributed by atoms with Gasteiger partial charge < -0.3 is 25.1 Å². The van der Waals surface area contributed by atoms with Gasteiger partial charge in [-0.3, -0.25) is 19.2 Å². The van der Waals surface area contributed by atoms with Crippen LogP contribution in [0.5, 0.6) is 11.5 Å². The number of hydrogen-bond acceptors (Lipinski definition) is 8. The number of carbonyl (C=O) groups excluding carboxylic acids is 3. The van der Waals surface area contributed by atoms with Crippen molar-refractivity contribution in [1.29, 1.82) is 0 Å². The predicted octanol–water partition coefficient (Wildman–Crippen LogP) is 5.87. The van der Waals surface area contributed by atoms with E-state index in [0.717, 1.165) is 0 Å². The molecule has 40 heavy (non-hydrogen) atoms. The van der Waals surface area contributed by atoms with Crippen LogP contribution in [0.3, 0.4) is 0 Å². The summed E-state index contributed by atoms with van der Waals surface area (Å²) < 4.78 is 16.9. The lowest BCUT2D eigenvalue weighted by Gasteiger charge is -2.33. The molecule has 9 heteroatoms. The number of benzene rings is 1. The molecular formula is C31H49NO8. The molecule has 0 fully saturated rings. The summed E-state index contributed by atoms with van der Waals surface area (Å²) in [6, 6.07) is 3.23. The molecule has 0 heterocycles. The van der Waals surface area contributed by atoms with Crippen LogP contribution in [0.4, 0.5) is 0 Å². The van der Waals surface area contributed by atoms with Crippen molar-refractivity contribution in [3.05, 3.63) is 23.8 Å². The normalized spacial score (nSPS) is 14.8. The Bertz CT molecular complexity index is 1020. The quantitative estimate of drug-likeness (QED) is 0.186. The lowest BCUT2D eigenvalue weighted by Crippen LogP contribution is -2.43. The smallest absolute Gasteiger partial charge is 0.321 e. The Kier molecular flexibility index (Phi) is 13.8. The van der Waals surface area contributed by atoms with E-state index in [0.29, 0.717) is 30.7 Å². The van der Waals surface area contributed by atoms with Gasteiger partial charge in [0, 0.05) is 24.7 Å². The van der Waals surface area contributed by atoms with Gasteiger partial charge >= 0.3 is 23.9 Å². The molecule has 0 bridgehead atoms. The number of ether oxygens (including phenoxy) is 3. The topological polar surface area (TPSA) is 142 Å². The van der Waals surface area contributed by atoms with Crippen molar-refractivity contribution in [3.63, 3.8) is 0 Å². The predicted molar refractivity (Wildman–Crippen MR) is 153 cm³/mol. The van der Waals surface area contributed by atoms with Gasteiger partial charge in [-0.1, -0.05) is 47.6 Å². The SMILES string of the molecule is CCC(C)(C)C(=O)OC(C)C(C)C(c1ccc(OC(=O)CCC(C)C)c(OC(=O)CCC(C)C)c1)[C@H](N)C(=O)O. The summed E-state index contributed by atoms with van der Waals surface area (Å²) in [5, 5.41) is 9.82. The van der Waals surface area contributed by atoms with E-state index in [2.05, 4.69) is 0 Å². The Morgan fingerprint density at radius 2 is 1.38 bits per heavy atom. The zero-order valence-electron chi connectivity index (χ0n) is 25.6. The highest BCUT2D eigenvalue weighted by molar-refractivity contribution is 5.78. The lowest BCUT2D eigenvalue weighted by molar-refractivity contribution is -0.162. The van der Waals surface area contributed by atoms with E-state index in [1.807, 2.05) is 34.6 Å². The maximum Gasteiger partial charge on any atom is 0.321 e. The van der Waals surface area contributed by atoms with Gasteiger partial charge in [-0.2, -0.15) is 0 Å². The Morgan fingerprint density at radius 3 is 1.82 bits per heavy atom. The van der Waals surface area contributed by atoms with Crippen LogP contribution >= 0.6 is 0 Å². The fraction of sp³-hybridized carbons (Fsp3) is 0.677. The monoisotopic (exact) mass is 563 g/mol. The van der Waals surface area contributed by atoms with Crippen LogP contribution in [-0.2, 0) is 23.9 Å². The van der Waals surface area contributed by atoms with E-state index in [1.165, 1.54) is 12.1 Å². The molecule has 3 N–H and O–H groups in total. The molecule has 0 aliphatic carbocycles. The Labute approximate surface area is 239 Å². The molecule has 1 aromatic rings. The van der Waals surface area contributed by atoms with Gasteiger partial charge in [0.25, 0.3) is 0 Å². The Hall–Kier alpha value is -2.94. The number of carboxylic acid groups (broad SMARTS) is 1. The third kappa shape index (κ3) is 10.9. The van der Waals surface area contributed by atoms with Gasteiger partial charge in [-0.15, -0.1) is 0 Å². The maximum atomic E-state index is 12.7. The van der Waals surface area contributed by atoms with E-state index in [-0.39, 0.29) is 36.2 Å². The second-order valence-corrected chi connectivity index (χ2v) is 12.1. The molecule has 0 saturated heterocycles. The number of rotatable bonds is 16. The fourth-order valence-electron chi connectivity index (χ4n) is 3.92. The van der Waals surface area contributed by atoms with Gasteiger partial charge in [-0.25, -0.2) is 0 Å². The van der Waals surface area contributed by atoms with Crippen LogP contribution < -0.4 is 15.2 Å². The van der Waals surface area contributed by atoms with Crippen LogP contribution in [0.2, 0.25) is 0 Å². The van der Waals surface area contributed by atoms with Gasteiger partial charge in [-0.05, 0) is 69.6 Å². The molecule has 226 valence electrons. The zero-order valence-corrected chi connectivity index (χ0v) is 25.6. The molecule has 0 amide bonds. The van der Waals surface area contributed by atoms with Crippen molar-refractivity contribution < 1.29 is 38.5 Å². The highest BCUT2D eigenvalue weighted by Gasteiger charge is 2.37. The van der Waals surface area contributed by atoms with E-state index >= 15 is 0 Å². The van der Waals surface area contributed by atoms with Gasteiger partial charge in [0.2, 0.25) is 0 Å². The first-order valence-corrected chi connectivity index (χ1v) is 14.2. The van der Waals surface area contributed by atoms with Gasteiger partial charge in [0.1, 0.15) is 12.1 Å². The average molecular weight is 564 g/mol. The second-order valence-electron chi connectivity index (χ2n) is 12.1. The highest BCUT2D eigenvalue weighted by Crippen LogP contribution is 2.38. The van der Waals surface area contributed by atoms with Crippen LogP contribution in [0.15, 0.2) is 18.2 Å². The van der Waals surface area contributed by atoms with Crippen molar-refractivity contribution in [2.45, 2.75) is 112 Å². The first-order valence-electron chi connectivity index (χ1n) is 14.2. The highest BCUT2D eigenvalue weighted by atomic mass is 16.6. The molecule has 0 saturated carbocycles. The van der Waals surface area contributed by atoms with Crippen LogP contribution in [0.25, 0.3) is 0 Å². The second kappa shape index (κ2) is 15.7. The summed E-state index contributed by atoms with van der Waals surface area (Å²) in [6.45, 7) is 16.9. The van der Waals surface area contributed by atoms with Crippen molar-refractivity contribution in [2.24, 2.45) is 28.9 Å². The minimum atomic E-state index is -1.35. The third-order valence-corrected chi connectivity index (χ3v) is 7.36. The molecule has 9 nitrogen and oxygen atoms in total. The Balaban J connectivity index is 3.45. The molecule has 0 spiro atoms.